The summed E-state index contributed by atoms with van der Waals surface area (Å²) in [7, 11) is 3.12. The second-order valence-corrected chi connectivity index (χ2v) is 7.85. The molecule has 3 aromatic heterocycles. The van der Waals surface area contributed by atoms with Crippen molar-refractivity contribution < 1.29 is 9.53 Å². The van der Waals surface area contributed by atoms with Crippen LogP contribution in [-0.2, 0) is 18.3 Å². The summed E-state index contributed by atoms with van der Waals surface area (Å²) in [5, 5.41) is 5.12. The van der Waals surface area contributed by atoms with E-state index in [1.165, 1.54) is 23.0 Å². The molecule has 0 fully saturated rings. The summed E-state index contributed by atoms with van der Waals surface area (Å²) in [6.07, 6.45) is 0.409. The van der Waals surface area contributed by atoms with Crippen LogP contribution in [0.2, 0.25) is 0 Å². The normalized spacial score (nSPS) is 11.1. The fourth-order valence-electron chi connectivity index (χ4n) is 3.16. The molecule has 11 heteroatoms. The van der Waals surface area contributed by atoms with Crippen molar-refractivity contribution in [1.29, 1.82) is 0 Å². The number of aromatic amines is 2. The SMILES string of the molecule is COc1ccc(C)cc1-c1csc(NC(=O)CCc2nc3c([nH]2)c(=O)[nH]c(=O)n3C)n1. The molecule has 0 aliphatic carbocycles. The quantitative estimate of drug-likeness (QED) is 0.420. The number of carbonyl (C=O) groups excluding carboxylic acids is 1. The van der Waals surface area contributed by atoms with Crippen LogP contribution in [0.25, 0.3) is 22.4 Å². The average molecular weight is 440 g/mol. The first-order valence-corrected chi connectivity index (χ1v) is 10.3. The fourth-order valence-corrected chi connectivity index (χ4v) is 3.89. The van der Waals surface area contributed by atoms with Crippen molar-refractivity contribution in [3.63, 3.8) is 0 Å². The van der Waals surface area contributed by atoms with Gasteiger partial charge in [0, 0.05) is 30.8 Å². The highest BCUT2D eigenvalue weighted by Crippen LogP contribution is 2.33. The number of thiazole rings is 1. The molecule has 0 unspecified atom stereocenters. The van der Waals surface area contributed by atoms with Gasteiger partial charge in [-0.05, 0) is 19.1 Å². The first-order valence-electron chi connectivity index (χ1n) is 9.44. The molecule has 0 radical (unpaired) electrons. The molecular formula is C20H20N6O4S. The largest absolute Gasteiger partial charge is 0.496 e. The fraction of sp³-hybridized carbons (Fsp3) is 0.250. The minimum absolute atomic E-state index is 0.133. The number of amides is 1. The Labute approximate surface area is 180 Å². The number of nitrogens with one attached hydrogen (secondary N) is 3. The zero-order valence-electron chi connectivity index (χ0n) is 17.1. The third kappa shape index (κ3) is 4.12. The number of fused-ring (bicyclic) bond motifs is 1. The van der Waals surface area contributed by atoms with E-state index in [2.05, 4.69) is 25.3 Å². The second kappa shape index (κ2) is 8.19. The first-order chi connectivity index (χ1) is 14.9. The molecule has 0 aliphatic rings. The first kappa shape index (κ1) is 20.5. The summed E-state index contributed by atoms with van der Waals surface area (Å²) in [6.45, 7) is 1.99. The third-order valence-electron chi connectivity index (χ3n) is 4.77. The number of benzene rings is 1. The highest BCUT2D eigenvalue weighted by Gasteiger charge is 2.14. The van der Waals surface area contributed by atoms with Gasteiger partial charge in [-0.1, -0.05) is 11.6 Å². The summed E-state index contributed by atoms with van der Waals surface area (Å²) >= 11 is 1.32. The molecule has 0 atom stereocenters. The molecule has 31 heavy (non-hydrogen) atoms. The van der Waals surface area contributed by atoms with Crippen LogP contribution in [0.3, 0.4) is 0 Å². The lowest BCUT2D eigenvalue weighted by Gasteiger charge is -2.07. The van der Waals surface area contributed by atoms with Gasteiger partial charge in [0.25, 0.3) is 5.56 Å². The highest BCUT2D eigenvalue weighted by molar-refractivity contribution is 7.14. The van der Waals surface area contributed by atoms with Gasteiger partial charge in [-0.25, -0.2) is 14.8 Å². The minimum Gasteiger partial charge on any atom is -0.496 e. The van der Waals surface area contributed by atoms with Crippen molar-refractivity contribution in [3.8, 4) is 17.0 Å². The molecule has 3 heterocycles. The van der Waals surface area contributed by atoms with Gasteiger partial charge in [0.2, 0.25) is 5.91 Å². The topological polar surface area (TPSA) is 135 Å². The molecule has 0 spiro atoms. The Balaban J connectivity index is 1.45. The summed E-state index contributed by atoms with van der Waals surface area (Å²) in [5.41, 5.74) is 2.03. The van der Waals surface area contributed by atoms with E-state index in [4.69, 9.17) is 4.74 Å². The predicted octanol–water partition coefficient (Wildman–Crippen LogP) is 1.96. The van der Waals surface area contributed by atoms with Crippen molar-refractivity contribution in [2.75, 3.05) is 12.4 Å². The Bertz CT molecular complexity index is 1400. The number of imidazole rings is 1. The molecule has 1 amide bonds. The second-order valence-electron chi connectivity index (χ2n) is 6.99. The number of anilines is 1. The average Bonchev–Trinajstić information content (AvgIpc) is 3.38. The minimum atomic E-state index is -0.543. The maximum atomic E-state index is 12.4. The molecule has 0 bridgehead atoms. The van der Waals surface area contributed by atoms with Crippen molar-refractivity contribution in [2.45, 2.75) is 19.8 Å². The van der Waals surface area contributed by atoms with E-state index in [1.807, 2.05) is 30.5 Å². The molecule has 10 nitrogen and oxygen atoms in total. The molecule has 0 aliphatic heterocycles. The number of methoxy groups -OCH3 is 1. The number of aryl methyl sites for hydroxylation is 3. The lowest BCUT2D eigenvalue weighted by molar-refractivity contribution is -0.116. The number of H-pyrrole nitrogens is 2. The van der Waals surface area contributed by atoms with Gasteiger partial charge in [0.05, 0.1) is 12.8 Å². The van der Waals surface area contributed by atoms with Crippen molar-refractivity contribution in [3.05, 3.63) is 55.8 Å². The van der Waals surface area contributed by atoms with Crippen molar-refractivity contribution in [2.24, 2.45) is 7.05 Å². The van der Waals surface area contributed by atoms with E-state index in [1.54, 1.807) is 7.11 Å². The summed E-state index contributed by atoms with van der Waals surface area (Å²) < 4.78 is 6.65. The number of hydrogen-bond acceptors (Lipinski definition) is 7. The molecule has 0 saturated heterocycles. The Hall–Kier alpha value is -3.73. The van der Waals surface area contributed by atoms with Gasteiger partial charge < -0.3 is 15.0 Å². The van der Waals surface area contributed by atoms with Crippen LogP contribution < -0.4 is 21.3 Å². The summed E-state index contributed by atoms with van der Waals surface area (Å²) in [4.78, 5) is 49.8. The van der Waals surface area contributed by atoms with Crippen molar-refractivity contribution >= 4 is 33.5 Å². The maximum absolute atomic E-state index is 12.4. The molecule has 4 rings (SSSR count). The predicted molar refractivity (Wildman–Crippen MR) is 118 cm³/mol. The monoisotopic (exact) mass is 440 g/mol. The van der Waals surface area contributed by atoms with Gasteiger partial charge in [0.15, 0.2) is 10.8 Å². The van der Waals surface area contributed by atoms with Gasteiger partial charge in [-0.15, -0.1) is 11.3 Å². The smallest absolute Gasteiger partial charge is 0.329 e. The zero-order chi connectivity index (χ0) is 22.1. The standard InChI is InChI=1S/C20H20N6O4S/c1-10-4-5-13(30-3)11(8-10)12-9-31-19(21-12)24-15(27)7-6-14-22-16-17(23-14)26(2)20(29)25-18(16)28/h4-5,8-9H,6-7H2,1-3H3,(H,22,23)(H,21,24,27)(H,25,28,29). The number of ether oxygens (including phenoxy) is 1. The molecule has 4 aromatic rings. The van der Waals surface area contributed by atoms with Gasteiger partial charge >= 0.3 is 5.69 Å². The molecular weight excluding hydrogens is 420 g/mol. The van der Waals surface area contributed by atoms with E-state index < -0.39 is 11.2 Å². The maximum Gasteiger partial charge on any atom is 0.329 e. The Kier molecular flexibility index (Phi) is 5.42. The van der Waals surface area contributed by atoms with Gasteiger partial charge in [0.1, 0.15) is 17.1 Å². The van der Waals surface area contributed by atoms with E-state index in [0.717, 1.165) is 16.8 Å². The summed E-state index contributed by atoms with van der Waals surface area (Å²) in [5.74, 6) is 0.921. The lowest BCUT2D eigenvalue weighted by Crippen LogP contribution is -2.28. The van der Waals surface area contributed by atoms with Crippen LogP contribution in [0, 0.1) is 6.92 Å². The van der Waals surface area contributed by atoms with E-state index in [0.29, 0.717) is 16.7 Å². The number of hydrogen-bond donors (Lipinski definition) is 3. The lowest BCUT2D eigenvalue weighted by atomic mass is 10.1. The van der Waals surface area contributed by atoms with Gasteiger partial charge in [-0.2, -0.15) is 0 Å². The van der Waals surface area contributed by atoms with Crippen LogP contribution >= 0.6 is 11.3 Å². The van der Waals surface area contributed by atoms with Crippen molar-refractivity contribution in [1.82, 2.24) is 24.5 Å². The number of rotatable bonds is 6. The van der Waals surface area contributed by atoms with E-state index in [-0.39, 0.29) is 29.9 Å². The Morgan fingerprint density at radius 2 is 2.06 bits per heavy atom. The number of aromatic nitrogens is 5. The van der Waals surface area contributed by atoms with Crippen LogP contribution in [0.4, 0.5) is 5.13 Å². The molecule has 1 aromatic carbocycles. The van der Waals surface area contributed by atoms with Crippen LogP contribution in [0.15, 0.2) is 33.2 Å². The summed E-state index contributed by atoms with van der Waals surface area (Å²) in [6, 6.07) is 5.83. The van der Waals surface area contributed by atoms with E-state index >= 15 is 0 Å². The Morgan fingerprint density at radius 1 is 1.26 bits per heavy atom. The molecule has 0 saturated carbocycles. The van der Waals surface area contributed by atoms with Crippen LogP contribution in [0.5, 0.6) is 5.75 Å². The number of carbonyl (C=O) groups is 1. The number of nitrogens with zero attached hydrogens (tertiary/aromatic N) is 3. The van der Waals surface area contributed by atoms with Gasteiger partial charge in [-0.3, -0.25) is 19.1 Å². The molecule has 160 valence electrons. The molecule has 3 N–H and O–H groups in total. The van der Waals surface area contributed by atoms with E-state index in [9.17, 15) is 14.4 Å². The van der Waals surface area contributed by atoms with Crippen LogP contribution in [-0.4, -0.2) is 37.5 Å². The Morgan fingerprint density at radius 3 is 2.84 bits per heavy atom. The van der Waals surface area contributed by atoms with Crippen LogP contribution in [0.1, 0.15) is 17.8 Å². The highest BCUT2D eigenvalue weighted by atomic mass is 32.1. The zero-order valence-corrected chi connectivity index (χ0v) is 17.9. The third-order valence-corrected chi connectivity index (χ3v) is 5.53.